The molecule has 0 radical (unpaired) electrons. The highest BCUT2D eigenvalue weighted by atomic mass is 16.5. The Kier molecular flexibility index (Phi) is 4.20. The van der Waals surface area contributed by atoms with Gasteiger partial charge in [0.15, 0.2) is 11.5 Å². The Morgan fingerprint density at radius 2 is 1.72 bits per heavy atom. The molecule has 0 aliphatic carbocycles. The van der Waals surface area contributed by atoms with Crippen LogP contribution < -0.4 is 15.2 Å². The first-order valence-electron chi connectivity index (χ1n) is 5.87. The molecule has 0 aliphatic heterocycles. The number of ether oxygens (including phenoxy) is 2. The molecular formula is C15H17NO2. The van der Waals surface area contributed by atoms with E-state index in [1.54, 1.807) is 7.11 Å². The van der Waals surface area contributed by atoms with Gasteiger partial charge >= 0.3 is 0 Å². The van der Waals surface area contributed by atoms with Crippen molar-refractivity contribution in [2.75, 3.05) is 7.11 Å². The van der Waals surface area contributed by atoms with Gasteiger partial charge in [-0.1, -0.05) is 36.4 Å². The summed E-state index contributed by atoms with van der Waals surface area (Å²) in [5.41, 5.74) is 7.75. The summed E-state index contributed by atoms with van der Waals surface area (Å²) < 4.78 is 11.0. The summed E-state index contributed by atoms with van der Waals surface area (Å²) in [6, 6.07) is 15.8. The first-order chi connectivity index (χ1) is 8.83. The van der Waals surface area contributed by atoms with Crippen LogP contribution in [0.15, 0.2) is 48.5 Å². The quantitative estimate of drug-likeness (QED) is 0.878. The fourth-order valence-corrected chi connectivity index (χ4v) is 1.69. The zero-order valence-electron chi connectivity index (χ0n) is 10.4. The Balaban J connectivity index is 2.09. The monoisotopic (exact) mass is 243 g/mol. The van der Waals surface area contributed by atoms with Crippen LogP contribution in [0, 0.1) is 0 Å². The minimum absolute atomic E-state index is 0.495. The van der Waals surface area contributed by atoms with Gasteiger partial charge < -0.3 is 15.2 Å². The van der Waals surface area contributed by atoms with Crippen LogP contribution in [0.1, 0.15) is 11.1 Å². The van der Waals surface area contributed by atoms with Gasteiger partial charge in [0.25, 0.3) is 0 Å². The molecule has 0 saturated heterocycles. The Bertz CT molecular complexity index is 497. The lowest BCUT2D eigenvalue weighted by molar-refractivity contribution is 0.284. The van der Waals surface area contributed by atoms with Crippen molar-refractivity contribution in [2.45, 2.75) is 13.2 Å². The predicted octanol–water partition coefficient (Wildman–Crippen LogP) is 2.73. The fourth-order valence-electron chi connectivity index (χ4n) is 1.69. The van der Waals surface area contributed by atoms with Crippen molar-refractivity contribution in [3.63, 3.8) is 0 Å². The smallest absolute Gasteiger partial charge is 0.161 e. The first-order valence-corrected chi connectivity index (χ1v) is 5.87. The first kappa shape index (κ1) is 12.5. The summed E-state index contributed by atoms with van der Waals surface area (Å²) >= 11 is 0. The predicted molar refractivity (Wildman–Crippen MR) is 71.7 cm³/mol. The summed E-state index contributed by atoms with van der Waals surface area (Å²) in [6.45, 7) is 1.02. The second-order valence-electron chi connectivity index (χ2n) is 3.96. The maximum atomic E-state index is 5.75. The molecule has 2 N–H and O–H groups in total. The Labute approximate surface area is 107 Å². The average molecular weight is 243 g/mol. The topological polar surface area (TPSA) is 44.5 Å². The van der Waals surface area contributed by atoms with Crippen LogP contribution in [0.5, 0.6) is 11.5 Å². The SMILES string of the molecule is COc1cc(CN)ccc1OCc1ccccc1. The average Bonchev–Trinajstić information content (AvgIpc) is 2.46. The maximum absolute atomic E-state index is 5.75. The zero-order valence-corrected chi connectivity index (χ0v) is 10.4. The van der Waals surface area contributed by atoms with Crippen LogP contribution >= 0.6 is 0 Å². The van der Waals surface area contributed by atoms with Crippen LogP contribution in [0.2, 0.25) is 0 Å². The fraction of sp³-hybridized carbons (Fsp3) is 0.200. The van der Waals surface area contributed by atoms with Crippen molar-refractivity contribution in [1.29, 1.82) is 0 Å². The minimum Gasteiger partial charge on any atom is -0.493 e. The molecule has 2 aromatic rings. The molecular weight excluding hydrogens is 226 g/mol. The third-order valence-corrected chi connectivity index (χ3v) is 2.70. The molecule has 0 fully saturated rings. The van der Waals surface area contributed by atoms with E-state index < -0.39 is 0 Å². The Morgan fingerprint density at radius 1 is 0.944 bits per heavy atom. The van der Waals surface area contributed by atoms with E-state index in [4.69, 9.17) is 15.2 Å². The van der Waals surface area contributed by atoms with Crippen molar-refractivity contribution in [3.05, 3.63) is 59.7 Å². The maximum Gasteiger partial charge on any atom is 0.161 e. The van der Waals surface area contributed by atoms with Crippen molar-refractivity contribution in [3.8, 4) is 11.5 Å². The van der Waals surface area contributed by atoms with Crippen molar-refractivity contribution in [1.82, 2.24) is 0 Å². The highest BCUT2D eigenvalue weighted by molar-refractivity contribution is 5.43. The van der Waals surface area contributed by atoms with Gasteiger partial charge in [-0.05, 0) is 23.3 Å². The van der Waals surface area contributed by atoms with E-state index in [0.29, 0.717) is 18.9 Å². The van der Waals surface area contributed by atoms with Gasteiger partial charge in [0.2, 0.25) is 0 Å². The van der Waals surface area contributed by atoms with Crippen LogP contribution in [-0.2, 0) is 13.2 Å². The lowest BCUT2D eigenvalue weighted by Gasteiger charge is -2.11. The minimum atomic E-state index is 0.495. The van der Waals surface area contributed by atoms with Gasteiger partial charge in [-0.2, -0.15) is 0 Å². The van der Waals surface area contributed by atoms with E-state index in [1.807, 2.05) is 48.5 Å². The highest BCUT2D eigenvalue weighted by Gasteiger charge is 2.05. The van der Waals surface area contributed by atoms with E-state index in [0.717, 1.165) is 16.9 Å². The molecule has 0 bridgehead atoms. The number of hydrogen-bond acceptors (Lipinski definition) is 3. The standard InChI is InChI=1S/C15H17NO2/c1-17-15-9-13(10-16)7-8-14(15)18-11-12-5-3-2-4-6-12/h2-9H,10-11,16H2,1H3. The van der Waals surface area contributed by atoms with E-state index in [2.05, 4.69) is 0 Å². The summed E-state index contributed by atoms with van der Waals surface area (Å²) in [5.74, 6) is 1.45. The highest BCUT2D eigenvalue weighted by Crippen LogP contribution is 2.28. The summed E-state index contributed by atoms with van der Waals surface area (Å²) in [5, 5.41) is 0. The van der Waals surface area contributed by atoms with Crippen molar-refractivity contribution in [2.24, 2.45) is 5.73 Å². The lowest BCUT2D eigenvalue weighted by atomic mass is 10.2. The second kappa shape index (κ2) is 6.07. The second-order valence-corrected chi connectivity index (χ2v) is 3.96. The van der Waals surface area contributed by atoms with Gasteiger partial charge in [-0.15, -0.1) is 0 Å². The largest absolute Gasteiger partial charge is 0.493 e. The number of methoxy groups -OCH3 is 1. The number of hydrogen-bond donors (Lipinski definition) is 1. The van der Waals surface area contributed by atoms with Gasteiger partial charge in [-0.25, -0.2) is 0 Å². The molecule has 2 rings (SSSR count). The molecule has 0 saturated carbocycles. The molecule has 0 aliphatic rings. The number of benzene rings is 2. The Hall–Kier alpha value is -2.00. The van der Waals surface area contributed by atoms with E-state index >= 15 is 0 Å². The van der Waals surface area contributed by atoms with E-state index in [-0.39, 0.29) is 0 Å². The van der Waals surface area contributed by atoms with Crippen LogP contribution in [-0.4, -0.2) is 7.11 Å². The number of nitrogens with two attached hydrogens (primary N) is 1. The van der Waals surface area contributed by atoms with Crippen molar-refractivity contribution < 1.29 is 9.47 Å². The number of rotatable bonds is 5. The van der Waals surface area contributed by atoms with Gasteiger partial charge in [0, 0.05) is 6.54 Å². The molecule has 0 amide bonds. The molecule has 0 heterocycles. The van der Waals surface area contributed by atoms with Gasteiger partial charge in [0.05, 0.1) is 7.11 Å². The molecule has 3 heteroatoms. The van der Waals surface area contributed by atoms with Crippen LogP contribution in [0.3, 0.4) is 0 Å². The molecule has 0 spiro atoms. The van der Waals surface area contributed by atoms with Gasteiger partial charge in [-0.3, -0.25) is 0 Å². The molecule has 3 nitrogen and oxygen atoms in total. The molecule has 0 atom stereocenters. The zero-order chi connectivity index (χ0) is 12.8. The lowest BCUT2D eigenvalue weighted by Crippen LogP contribution is -2.00. The molecule has 0 unspecified atom stereocenters. The van der Waals surface area contributed by atoms with E-state index in [9.17, 15) is 0 Å². The van der Waals surface area contributed by atoms with Gasteiger partial charge in [0.1, 0.15) is 6.61 Å². The van der Waals surface area contributed by atoms with Crippen LogP contribution in [0.4, 0.5) is 0 Å². The molecule has 0 aromatic heterocycles. The summed E-state index contributed by atoms with van der Waals surface area (Å²) in [6.07, 6.45) is 0. The Morgan fingerprint density at radius 3 is 2.39 bits per heavy atom. The third-order valence-electron chi connectivity index (χ3n) is 2.70. The molecule has 2 aromatic carbocycles. The third kappa shape index (κ3) is 3.02. The van der Waals surface area contributed by atoms with Crippen molar-refractivity contribution >= 4 is 0 Å². The summed E-state index contributed by atoms with van der Waals surface area (Å²) in [4.78, 5) is 0. The van der Waals surface area contributed by atoms with E-state index in [1.165, 1.54) is 0 Å². The van der Waals surface area contributed by atoms with Crippen LogP contribution in [0.25, 0.3) is 0 Å². The summed E-state index contributed by atoms with van der Waals surface area (Å²) in [7, 11) is 1.63. The molecule has 18 heavy (non-hydrogen) atoms. The normalized spacial score (nSPS) is 10.1. The molecule has 94 valence electrons.